The Hall–Kier alpha value is -1.27. The molecule has 1 rings (SSSR count). The second-order valence-electron chi connectivity index (χ2n) is 4.90. The van der Waals surface area contributed by atoms with Crippen LogP contribution in [0.4, 0.5) is 5.69 Å². The molecule has 0 bridgehead atoms. The van der Waals surface area contributed by atoms with Crippen molar-refractivity contribution in [1.29, 1.82) is 0 Å². The monoisotopic (exact) mass is 272 g/mol. The summed E-state index contributed by atoms with van der Waals surface area (Å²) in [5, 5.41) is 0. The number of nitrogens with one attached hydrogen (secondary N) is 1. The van der Waals surface area contributed by atoms with E-state index in [1.807, 2.05) is 12.1 Å². The summed E-state index contributed by atoms with van der Waals surface area (Å²) in [6, 6.07) is 7.10. The normalized spacial score (nSPS) is 12.4. The summed E-state index contributed by atoms with van der Waals surface area (Å²) in [5.41, 5.74) is 6.23. The Labute approximate surface area is 108 Å². The van der Waals surface area contributed by atoms with Gasteiger partial charge in [-0.3, -0.25) is 0 Å². The lowest BCUT2D eigenvalue weighted by Gasteiger charge is -2.19. The first-order chi connectivity index (χ1) is 8.24. The smallest absolute Gasteiger partial charge is 0.216 e. The van der Waals surface area contributed by atoms with Gasteiger partial charge in [0.25, 0.3) is 0 Å². The van der Waals surface area contributed by atoms with E-state index in [9.17, 15) is 8.42 Å². The number of nitrogens with two attached hydrogens (primary N) is 1. The summed E-state index contributed by atoms with van der Waals surface area (Å²) >= 11 is 0. The minimum absolute atomic E-state index is 0.216. The van der Waals surface area contributed by atoms with Gasteiger partial charge in [-0.1, -0.05) is 12.1 Å². The topological polar surface area (TPSA) is 81.4 Å². The lowest BCUT2D eigenvalue weighted by Crippen LogP contribution is -2.41. The number of anilines is 1. The zero-order valence-corrected chi connectivity index (χ0v) is 11.8. The fourth-order valence-electron chi connectivity index (χ4n) is 1.17. The molecule has 0 unspecified atom stereocenters. The molecule has 0 aliphatic heterocycles. The predicted molar refractivity (Wildman–Crippen MR) is 73.0 cm³/mol. The van der Waals surface area contributed by atoms with E-state index in [1.165, 1.54) is 0 Å². The zero-order chi connectivity index (χ0) is 13.8. The van der Waals surface area contributed by atoms with Gasteiger partial charge in [0.2, 0.25) is 10.0 Å². The fraction of sp³-hybridized carbons (Fsp3) is 0.500. The van der Waals surface area contributed by atoms with E-state index in [4.69, 9.17) is 10.5 Å². The second kappa shape index (κ2) is 5.58. The molecule has 1 aromatic carbocycles. The Morgan fingerprint density at radius 2 is 1.89 bits per heavy atom. The van der Waals surface area contributed by atoms with Crippen molar-refractivity contribution < 1.29 is 13.2 Å². The molecule has 0 radical (unpaired) electrons. The Bertz CT molecular complexity index is 492. The van der Waals surface area contributed by atoms with E-state index in [0.717, 1.165) is 0 Å². The highest BCUT2D eigenvalue weighted by Crippen LogP contribution is 2.19. The standard InChI is InChI=1S/C12H20N2O3S/c1-12(2,3)18(15,16)14-8-9-17-11-7-5-4-6-10(11)13/h4-7,14H,8-9,13H2,1-3H3. The minimum atomic E-state index is -3.32. The maximum Gasteiger partial charge on any atom is 0.216 e. The molecule has 0 spiro atoms. The van der Waals surface area contributed by atoms with Crippen LogP contribution in [0.25, 0.3) is 0 Å². The first kappa shape index (κ1) is 14.8. The van der Waals surface area contributed by atoms with E-state index < -0.39 is 14.8 Å². The van der Waals surface area contributed by atoms with E-state index >= 15 is 0 Å². The molecule has 0 atom stereocenters. The Morgan fingerprint density at radius 3 is 2.44 bits per heavy atom. The number of nitrogen functional groups attached to an aromatic ring is 1. The van der Waals surface area contributed by atoms with Gasteiger partial charge in [0, 0.05) is 6.54 Å². The van der Waals surface area contributed by atoms with Crippen molar-refractivity contribution in [2.24, 2.45) is 0 Å². The van der Waals surface area contributed by atoms with Gasteiger partial charge in [-0.05, 0) is 32.9 Å². The third-order valence-electron chi connectivity index (χ3n) is 2.38. The summed E-state index contributed by atoms with van der Waals surface area (Å²) < 4.78 is 30.5. The molecular weight excluding hydrogens is 252 g/mol. The van der Waals surface area contributed by atoms with Crippen LogP contribution in [0.15, 0.2) is 24.3 Å². The summed E-state index contributed by atoms with van der Waals surface area (Å²) in [6.07, 6.45) is 0. The van der Waals surface area contributed by atoms with Crippen molar-refractivity contribution in [2.45, 2.75) is 25.5 Å². The Kier molecular flexibility index (Phi) is 4.59. The Morgan fingerprint density at radius 1 is 1.28 bits per heavy atom. The van der Waals surface area contributed by atoms with Crippen LogP contribution in [-0.4, -0.2) is 26.3 Å². The van der Waals surface area contributed by atoms with Gasteiger partial charge >= 0.3 is 0 Å². The lowest BCUT2D eigenvalue weighted by atomic mass is 10.3. The largest absolute Gasteiger partial charge is 0.490 e. The second-order valence-corrected chi connectivity index (χ2v) is 7.42. The molecule has 0 heterocycles. The quantitative estimate of drug-likeness (QED) is 0.626. The number of ether oxygens (including phenoxy) is 1. The highest BCUT2D eigenvalue weighted by molar-refractivity contribution is 7.90. The van der Waals surface area contributed by atoms with Crippen LogP contribution in [0, 0.1) is 0 Å². The molecule has 6 heteroatoms. The predicted octanol–water partition coefficient (Wildman–Crippen LogP) is 1.37. The van der Waals surface area contributed by atoms with Crippen molar-refractivity contribution >= 4 is 15.7 Å². The van der Waals surface area contributed by atoms with E-state index in [0.29, 0.717) is 11.4 Å². The molecule has 0 aromatic heterocycles. The molecule has 18 heavy (non-hydrogen) atoms. The summed E-state index contributed by atoms with van der Waals surface area (Å²) in [6.45, 7) is 5.39. The average molecular weight is 272 g/mol. The fourth-order valence-corrected chi connectivity index (χ4v) is 1.95. The highest BCUT2D eigenvalue weighted by atomic mass is 32.2. The maximum atomic E-state index is 11.7. The van der Waals surface area contributed by atoms with Gasteiger partial charge in [-0.2, -0.15) is 0 Å². The van der Waals surface area contributed by atoms with Crippen molar-refractivity contribution in [3.63, 3.8) is 0 Å². The van der Waals surface area contributed by atoms with Crippen LogP contribution >= 0.6 is 0 Å². The van der Waals surface area contributed by atoms with Gasteiger partial charge in [-0.15, -0.1) is 0 Å². The van der Waals surface area contributed by atoms with Gasteiger partial charge < -0.3 is 10.5 Å². The molecule has 3 N–H and O–H groups in total. The molecule has 0 amide bonds. The molecule has 102 valence electrons. The molecule has 1 aromatic rings. The number of rotatable bonds is 5. The number of hydrogen-bond acceptors (Lipinski definition) is 4. The third kappa shape index (κ3) is 3.89. The van der Waals surface area contributed by atoms with Gasteiger partial charge in [0.15, 0.2) is 0 Å². The first-order valence-corrected chi connectivity index (χ1v) is 7.19. The van der Waals surface area contributed by atoms with E-state index in [2.05, 4.69) is 4.72 Å². The van der Waals surface area contributed by atoms with Crippen LogP contribution < -0.4 is 15.2 Å². The van der Waals surface area contributed by atoms with Crippen LogP contribution in [0.1, 0.15) is 20.8 Å². The molecule has 5 nitrogen and oxygen atoms in total. The highest BCUT2D eigenvalue weighted by Gasteiger charge is 2.28. The van der Waals surface area contributed by atoms with Crippen LogP contribution in [0.2, 0.25) is 0 Å². The molecule has 0 saturated heterocycles. The number of benzene rings is 1. The average Bonchev–Trinajstić information content (AvgIpc) is 2.25. The van der Waals surface area contributed by atoms with Crippen molar-refractivity contribution in [1.82, 2.24) is 4.72 Å². The van der Waals surface area contributed by atoms with Gasteiger partial charge in [-0.25, -0.2) is 13.1 Å². The maximum absolute atomic E-state index is 11.7. The molecule has 0 aliphatic rings. The van der Waals surface area contributed by atoms with Crippen molar-refractivity contribution in [3.8, 4) is 5.75 Å². The first-order valence-electron chi connectivity index (χ1n) is 5.70. The van der Waals surface area contributed by atoms with Crippen LogP contribution in [0.3, 0.4) is 0 Å². The van der Waals surface area contributed by atoms with Crippen LogP contribution in [0.5, 0.6) is 5.75 Å². The van der Waals surface area contributed by atoms with E-state index in [1.54, 1.807) is 32.9 Å². The third-order valence-corrected chi connectivity index (χ3v) is 4.57. The molecular formula is C12H20N2O3S. The minimum Gasteiger partial charge on any atom is -0.490 e. The van der Waals surface area contributed by atoms with Gasteiger partial charge in [0.05, 0.1) is 10.4 Å². The Balaban J connectivity index is 2.43. The van der Waals surface area contributed by atoms with Crippen molar-refractivity contribution in [3.05, 3.63) is 24.3 Å². The van der Waals surface area contributed by atoms with Crippen molar-refractivity contribution in [2.75, 3.05) is 18.9 Å². The molecule has 0 saturated carbocycles. The summed E-state index contributed by atoms with van der Waals surface area (Å²) in [4.78, 5) is 0. The molecule has 0 fully saturated rings. The molecule has 0 aliphatic carbocycles. The summed E-state index contributed by atoms with van der Waals surface area (Å²) in [5.74, 6) is 0.562. The van der Waals surface area contributed by atoms with Crippen LogP contribution in [-0.2, 0) is 10.0 Å². The van der Waals surface area contributed by atoms with Gasteiger partial charge in [0.1, 0.15) is 12.4 Å². The lowest BCUT2D eigenvalue weighted by molar-refractivity contribution is 0.324. The van der Waals surface area contributed by atoms with E-state index in [-0.39, 0.29) is 13.2 Å². The number of para-hydroxylation sites is 2. The summed E-state index contributed by atoms with van der Waals surface area (Å²) in [7, 11) is -3.32. The SMILES string of the molecule is CC(C)(C)S(=O)(=O)NCCOc1ccccc1N. The number of hydrogen-bond donors (Lipinski definition) is 2. The zero-order valence-electron chi connectivity index (χ0n) is 10.9. The number of sulfonamides is 1.